The molecule has 0 amide bonds. The van der Waals surface area contributed by atoms with Crippen molar-refractivity contribution in [1.29, 1.82) is 0 Å². The van der Waals surface area contributed by atoms with E-state index in [9.17, 15) is 25.5 Å². The SMILES string of the molecule is CO[C@@H]1OC(CO)[C@H](O)[C@H](O[C@H]2O[C@@H](CSC)C(O)C2O)C1O. The molecular formula is C13H24O9S. The van der Waals surface area contributed by atoms with Crippen molar-refractivity contribution < 1.29 is 44.5 Å². The highest BCUT2D eigenvalue weighted by Gasteiger charge is 2.50. The molecule has 0 saturated carbocycles. The topological polar surface area (TPSA) is 138 Å². The molecule has 0 aromatic heterocycles. The van der Waals surface area contributed by atoms with Crippen LogP contribution in [0.1, 0.15) is 0 Å². The van der Waals surface area contributed by atoms with Gasteiger partial charge in [-0.25, -0.2) is 0 Å². The van der Waals surface area contributed by atoms with Gasteiger partial charge in [0.05, 0.1) is 12.7 Å². The molecule has 2 aliphatic heterocycles. The average molecular weight is 356 g/mol. The lowest BCUT2D eigenvalue weighted by Crippen LogP contribution is -2.61. The summed E-state index contributed by atoms with van der Waals surface area (Å²) in [5.74, 6) is 0.455. The van der Waals surface area contributed by atoms with E-state index in [4.69, 9.17) is 18.9 Å². The minimum atomic E-state index is -1.36. The van der Waals surface area contributed by atoms with Gasteiger partial charge in [-0.1, -0.05) is 0 Å². The molecule has 2 aliphatic rings. The summed E-state index contributed by atoms with van der Waals surface area (Å²) < 4.78 is 21.1. The van der Waals surface area contributed by atoms with E-state index in [1.54, 1.807) is 0 Å². The maximum absolute atomic E-state index is 10.2. The Balaban J connectivity index is 2.07. The van der Waals surface area contributed by atoms with E-state index in [1.807, 2.05) is 6.26 Å². The third-order valence-electron chi connectivity index (χ3n) is 3.99. The first kappa shape index (κ1) is 19.3. The van der Waals surface area contributed by atoms with Crippen molar-refractivity contribution in [3.8, 4) is 0 Å². The molecule has 0 spiro atoms. The van der Waals surface area contributed by atoms with Gasteiger partial charge in [0.2, 0.25) is 0 Å². The molecule has 10 heteroatoms. The van der Waals surface area contributed by atoms with Crippen LogP contribution in [0.15, 0.2) is 0 Å². The zero-order chi connectivity index (χ0) is 17.1. The Kier molecular flexibility index (Phi) is 7.04. The van der Waals surface area contributed by atoms with E-state index < -0.39 is 61.9 Å². The van der Waals surface area contributed by atoms with Crippen LogP contribution in [0.4, 0.5) is 0 Å². The second-order valence-corrected chi connectivity index (χ2v) is 6.43. The van der Waals surface area contributed by atoms with Crippen molar-refractivity contribution in [2.24, 2.45) is 0 Å². The van der Waals surface area contributed by atoms with Gasteiger partial charge in [-0.3, -0.25) is 0 Å². The van der Waals surface area contributed by atoms with Crippen molar-refractivity contribution >= 4 is 11.8 Å². The summed E-state index contributed by atoms with van der Waals surface area (Å²) in [4.78, 5) is 0. The van der Waals surface area contributed by atoms with E-state index in [1.165, 1.54) is 18.9 Å². The summed E-state index contributed by atoms with van der Waals surface area (Å²) in [5.41, 5.74) is 0. The van der Waals surface area contributed by atoms with Gasteiger partial charge in [0.25, 0.3) is 0 Å². The normalized spacial score (nSPS) is 47.9. The number of methoxy groups -OCH3 is 1. The Hall–Kier alpha value is -0.0100. The zero-order valence-electron chi connectivity index (χ0n) is 12.9. The highest BCUT2D eigenvalue weighted by Crippen LogP contribution is 2.30. The fraction of sp³-hybridized carbons (Fsp3) is 1.00. The summed E-state index contributed by atoms with van der Waals surface area (Å²) >= 11 is 1.44. The summed E-state index contributed by atoms with van der Waals surface area (Å²) in [7, 11) is 1.30. The summed E-state index contributed by atoms with van der Waals surface area (Å²) in [6.45, 7) is -0.501. The third kappa shape index (κ3) is 3.98. The lowest BCUT2D eigenvalue weighted by molar-refractivity contribution is -0.325. The molecule has 9 atom stereocenters. The van der Waals surface area contributed by atoms with Crippen LogP contribution in [-0.4, -0.2) is 107 Å². The highest BCUT2D eigenvalue weighted by atomic mass is 32.2. The lowest BCUT2D eigenvalue weighted by atomic mass is 9.99. The van der Waals surface area contributed by atoms with Crippen LogP contribution in [0.2, 0.25) is 0 Å². The molecule has 0 radical (unpaired) electrons. The van der Waals surface area contributed by atoms with Gasteiger partial charge in [0.15, 0.2) is 12.6 Å². The average Bonchev–Trinajstić information content (AvgIpc) is 2.80. The maximum Gasteiger partial charge on any atom is 0.187 e. The molecular weight excluding hydrogens is 332 g/mol. The molecule has 2 rings (SSSR count). The Labute approximate surface area is 138 Å². The smallest absolute Gasteiger partial charge is 0.187 e. The van der Waals surface area contributed by atoms with Gasteiger partial charge in [-0.2, -0.15) is 11.8 Å². The molecule has 0 bridgehead atoms. The molecule has 4 unspecified atom stereocenters. The second kappa shape index (κ2) is 8.39. The number of rotatable bonds is 6. The molecule has 2 saturated heterocycles. The van der Waals surface area contributed by atoms with Crippen LogP contribution in [0, 0.1) is 0 Å². The van der Waals surface area contributed by atoms with Crippen LogP contribution in [0.25, 0.3) is 0 Å². The van der Waals surface area contributed by atoms with E-state index >= 15 is 0 Å². The van der Waals surface area contributed by atoms with E-state index in [0.717, 1.165) is 0 Å². The molecule has 9 nitrogen and oxygen atoms in total. The summed E-state index contributed by atoms with van der Waals surface area (Å²) in [5, 5.41) is 49.5. The first-order valence-corrected chi connectivity index (χ1v) is 8.65. The van der Waals surface area contributed by atoms with Gasteiger partial charge in [-0.05, 0) is 6.26 Å². The van der Waals surface area contributed by atoms with Crippen molar-refractivity contribution in [1.82, 2.24) is 0 Å². The van der Waals surface area contributed by atoms with Crippen molar-refractivity contribution in [2.45, 2.75) is 55.3 Å². The molecule has 23 heavy (non-hydrogen) atoms. The Morgan fingerprint density at radius 1 is 0.913 bits per heavy atom. The Bertz CT molecular complexity index is 357. The van der Waals surface area contributed by atoms with Gasteiger partial charge < -0.3 is 44.5 Å². The second-order valence-electron chi connectivity index (χ2n) is 5.52. The van der Waals surface area contributed by atoms with E-state index in [2.05, 4.69) is 0 Å². The van der Waals surface area contributed by atoms with Gasteiger partial charge in [0, 0.05) is 12.9 Å². The summed E-state index contributed by atoms with van der Waals surface area (Å²) in [6, 6.07) is 0. The molecule has 136 valence electrons. The number of thioether (sulfide) groups is 1. The fourth-order valence-electron chi connectivity index (χ4n) is 2.69. The van der Waals surface area contributed by atoms with Crippen LogP contribution in [-0.2, 0) is 18.9 Å². The molecule has 0 aromatic rings. The minimum Gasteiger partial charge on any atom is -0.394 e. The third-order valence-corrected chi connectivity index (χ3v) is 4.66. The van der Waals surface area contributed by atoms with Crippen LogP contribution < -0.4 is 0 Å². The zero-order valence-corrected chi connectivity index (χ0v) is 13.7. The van der Waals surface area contributed by atoms with Crippen molar-refractivity contribution in [2.75, 3.05) is 25.7 Å². The molecule has 2 heterocycles. The predicted octanol–water partition coefficient (Wildman–Crippen LogP) is -2.73. The van der Waals surface area contributed by atoms with Crippen LogP contribution in [0.3, 0.4) is 0 Å². The summed E-state index contributed by atoms with van der Waals surface area (Å²) in [6.07, 6.45) is -8.50. The largest absolute Gasteiger partial charge is 0.394 e. The molecule has 5 N–H and O–H groups in total. The predicted molar refractivity (Wildman–Crippen MR) is 78.7 cm³/mol. The monoisotopic (exact) mass is 356 g/mol. The highest BCUT2D eigenvalue weighted by molar-refractivity contribution is 7.98. The van der Waals surface area contributed by atoms with Gasteiger partial charge in [-0.15, -0.1) is 0 Å². The van der Waals surface area contributed by atoms with Crippen LogP contribution in [0.5, 0.6) is 0 Å². The first-order chi connectivity index (χ1) is 10.9. The van der Waals surface area contributed by atoms with E-state index in [-0.39, 0.29) is 0 Å². The number of aliphatic hydroxyl groups excluding tert-OH is 5. The van der Waals surface area contributed by atoms with Gasteiger partial charge >= 0.3 is 0 Å². The van der Waals surface area contributed by atoms with Gasteiger partial charge in [0.1, 0.15) is 36.6 Å². The van der Waals surface area contributed by atoms with Crippen molar-refractivity contribution in [3.63, 3.8) is 0 Å². The number of aliphatic hydroxyl groups is 5. The fourth-order valence-corrected chi connectivity index (χ4v) is 3.30. The Morgan fingerprint density at radius 3 is 2.13 bits per heavy atom. The standard InChI is InChI=1S/C13H24O9S/c1-19-12-10(18)11(8(16)5(3-14)20-12)22-13-9(17)7(15)6(21-13)4-23-2/h5-18H,3-4H2,1-2H3/t5?,6-,7?,8-,9?,10?,11-,12+,13+/m0/s1. The maximum atomic E-state index is 10.2. The Morgan fingerprint density at radius 2 is 1.57 bits per heavy atom. The lowest BCUT2D eigenvalue weighted by Gasteiger charge is -2.42. The quantitative estimate of drug-likeness (QED) is 0.341. The molecule has 0 aromatic carbocycles. The minimum absolute atomic E-state index is 0.455. The number of ether oxygens (including phenoxy) is 4. The number of hydrogen-bond acceptors (Lipinski definition) is 10. The molecule has 0 aliphatic carbocycles. The first-order valence-electron chi connectivity index (χ1n) is 7.25. The molecule has 2 fully saturated rings. The van der Waals surface area contributed by atoms with Crippen molar-refractivity contribution in [3.05, 3.63) is 0 Å². The van der Waals surface area contributed by atoms with E-state index in [0.29, 0.717) is 5.75 Å². The van der Waals surface area contributed by atoms with Crippen LogP contribution >= 0.6 is 11.8 Å². The number of hydrogen-bond donors (Lipinski definition) is 5.